The fourth-order valence-corrected chi connectivity index (χ4v) is 8.02. The van der Waals surface area contributed by atoms with Gasteiger partial charge in [-0.1, -0.05) is 27.7 Å². The van der Waals surface area contributed by atoms with Crippen molar-refractivity contribution in [1.82, 2.24) is 0 Å². The van der Waals surface area contributed by atoms with Gasteiger partial charge in [0.25, 0.3) is 0 Å². The van der Waals surface area contributed by atoms with Crippen LogP contribution in [0.4, 0.5) is 0 Å². The number of rotatable bonds is 8. The molecular formula is C28H52O4. The van der Waals surface area contributed by atoms with Crippen LogP contribution in [-0.2, 0) is 18.9 Å². The summed E-state index contributed by atoms with van der Waals surface area (Å²) in [6, 6.07) is 0. The Labute approximate surface area is 198 Å². The van der Waals surface area contributed by atoms with Crippen molar-refractivity contribution in [3.05, 3.63) is 0 Å². The van der Waals surface area contributed by atoms with Gasteiger partial charge < -0.3 is 18.9 Å². The smallest absolute Gasteiger partial charge is 0.0629 e. The van der Waals surface area contributed by atoms with Crippen LogP contribution in [0.1, 0.15) is 91.9 Å². The summed E-state index contributed by atoms with van der Waals surface area (Å²) in [7, 11) is 7.50. The molecule has 3 fully saturated rings. The molecule has 3 rings (SSSR count). The Morgan fingerprint density at radius 3 is 1.09 bits per heavy atom. The Hall–Kier alpha value is -0.160. The Morgan fingerprint density at radius 1 is 0.469 bits per heavy atom. The molecule has 0 aliphatic heterocycles. The van der Waals surface area contributed by atoms with Gasteiger partial charge in [0.1, 0.15) is 0 Å². The lowest BCUT2D eigenvalue weighted by molar-refractivity contribution is -0.108. The Bertz CT molecular complexity index is 516. The zero-order valence-electron chi connectivity index (χ0n) is 22.3. The van der Waals surface area contributed by atoms with E-state index in [-0.39, 0.29) is 0 Å². The van der Waals surface area contributed by atoms with Gasteiger partial charge >= 0.3 is 0 Å². The molecule has 4 nitrogen and oxygen atoms in total. The van der Waals surface area contributed by atoms with E-state index in [0.717, 1.165) is 24.7 Å². The first kappa shape index (κ1) is 26.4. The molecule has 3 saturated carbocycles. The minimum atomic E-state index is 0.320. The average molecular weight is 453 g/mol. The molecule has 6 unspecified atom stereocenters. The summed E-state index contributed by atoms with van der Waals surface area (Å²) in [6.45, 7) is 10.1. The fourth-order valence-electron chi connectivity index (χ4n) is 8.02. The van der Waals surface area contributed by atoms with Crippen LogP contribution in [0.5, 0.6) is 0 Å². The lowest BCUT2D eigenvalue weighted by Gasteiger charge is -2.52. The Morgan fingerprint density at radius 2 is 0.812 bits per heavy atom. The summed E-state index contributed by atoms with van der Waals surface area (Å²) < 4.78 is 23.4. The van der Waals surface area contributed by atoms with E-state index in [0.29, 0.717) is 47.1 Å². The van der Waals surface area contributed by atoms with Crippen molar-refractivity contribution in [2.24, 2.45) is 34.5 Å². The topological polar surface area (TPSA) is 36.9 Å². The van der Waals surface area contributed by atoms with Gasteiger partial charge in [0.2, 0.25) is 0 Å². The molecule has 0 radical (unpaired) electrons. The molecule has 188 valence electrons. The Balaban J connectivity index is 1.62. The third-order valence-electron chi connectivity index (χ3n) is 10.5. The summed E-state index contributed by atoms with van der Waals surface area (Å²) in [5, 5.41) is 0. The Kier molecular flexibility index (Phi) is 9.14. The molecule has 4 heteroatoms. The predicted octanol–water partition coefficient (Wildman–Crippen LogP) is 6.51. The zero-order valence-corrected chi connectivity index (χ0v) is 22.3. The fraction of sp³-hybridized carbons (Fsp3) is 1.00. The molecule has 6 atom stereocenters. The van der Waals surface area contributed by atoms with Crippen LogP contribution >= 0.6 is 0 Å². The summed E-state index contributed by atoms with van der Waals surface area (Å²) in [6.07, 6.45) is 13.7. The second-order valence-electron chi connectivity index (χ2n) is 12.3. The van der Waals surface area contributed by atoms with Crippen LogP contribution in [0.25, 0.3) is 0 Å². The summed E-state index contributed by atoms with van der Waals surface area (Å²) >= 11 is 0. The predicted molar refractivity (Wildman–Crippen MR) is 131 cm³/mol. The van der Waals surface area contributed by atoms with E-state index < -0.39 is 0 Å². The maximum atomic E-state index is 6.01. The van der Waals surface area contributed by atoms with Crippen LogP contribution in [0.15, 0.2) is 0 Å². The quantitative estimate of drug-likeness (QED) is 0.421. The molecule has 0 aromatic heterocycles. The van der Waals surface area contributed by atoms with Crippen molar-refractivity contribution in [3.63, 3.8) is 0 Å². The van der Waals surface area contributed by atoms with E-state index in [4.69, 9.17) is 18.9 Å². The molecule has 3 aliphatic carbocycles. The SMILES string of the molecule is COC1CCC(C(C)(C)C2CCC(C(C)(C)C3CCC(OC)CC3OC)CC2)C(OC)C1. The molecule has 32 heavy (non-hydrogen) atoms. The van der Waals surface area contributed by atoms with Gasteiger partial charge in [-0.25, -0.2) is 0 Å². The molecule has 3 aliphatic rings. The second kappa shape index (κ2) is 11.1. The summed E-state index contributed by atoms with van der Waals surface area (Å²) in [5.74, 6) is 2.85. The van der Waals surface area contributed by atoms with Gasteiger partial charge in [0.15, 0.2) is 0 Å². The molecule has 0 N–H and O–H groups in total. The molecule has 0 bridgehead atoms. The normalized spacial score (nSPS) is 39.8. The maximum absolute atomic E-state index is 6.01. The zero-order chi connectivity index (χ0) is 23.5. The highest BCUT2D eigenvalue weighted by Crippen LogP contribution is 2.54. The third kappa shape index (κ3) is 5.39. The van der Waals surface area contributed by atoms with Crippen LogP contribution in [0.3, 0.4) is 0 Å². The van der Waals surface area contributed by atoms with Crippen LogP contribution in [0, 0.1) is 34.5 Å². The first-order valence-electron chi connectivity index (χ1n) is 13.3. The summed E-state index contributed by atoms with van der Waals surface area (Å²) in [4.78, 5) is 0. The van der Waals surface area contributed by atoms with Crippen molar-refractivity contribution >= 4 is 0 Å². The maximum Gasteiger partial charge on any atom is 0.0629 e. The van der Waals surface area contributed by atoms with E-state index in [1.165, 1.54) is 51.4 Å². The molecule has 0 spiro atoms. The first-order valence-corrected chi connectivity index (χ1v) is 13.3. The van der Waals surface area contributed by atoms with Crippen molar-refractivity contribution in [2.75, 3.05) is 28.4 Å². The largest absolute Gasteiger partial charge is 0.381 e. The number of hydrogen-bond donors (Lipinski definition) is 0. The number of ether oxygens (including phenoxy) is 4. The molecular weight excluding hydrogens is 400 g/mol. The monoisotopic (exact) mass is 452 g/mol. The van der Waals surface area contributed by atoms with Crippen molar-refractivity contribution in [1.29, 1.82) is 0 Å². The highest BCUT2D eigenvalue weighted by atomic mass is 16.5. The van der Waals surface area contributed by atoms with Crippen molar-refractivity contribution in [2.45, 2.75) is 116 Å². The molecule has 0 amide bonds. The lowest BCUT2D eigenvalue weighted by atomic mass is 9.54. The van der Waals surface area contributed by atoms with Crippen molar-refractivity contribution in [3.8, 4) is 0 Å². The van der Waals surface area contributed by atoms with Gasteiger partial charge in [-0.2, -0.15) is 0 Å². The lowest BCUT2D eigenvalue weighted by Crippen LogP contribution is -2.48. The van der Waals surface area contributed by atoms with Crippen LogP contribution < -0.4 is 0 Å². The second-order valence-corrected chi connectivity index (χ2v) is 12.3. The van der Waals surface area contributed by atoms with Crippen molar-refractivity contribution < 1.29 is 18.9 Å². The van der Waals surface area contributed by atoms with E-state index in [2.05, 4.69) is 27.7 Å². The van der Waals surface area contributed by atoms with E-state index in [1.807, 2.05) is 28.4 Å². The van der Waals surface area contributed by atoms with Gasteiger partial charge in [-0.05, 0) is 85.9 Å². The molecule has 0 aromatic rings. The third-order valence-corrected chi connectivity index (χ3v) is 10.5. The highest BCUT2D eigenvalue weighted by molar-refractivity contribution is 4.98. The minimum absolute atomic E-state index is 0.320. The highest BCUT2D eigenvalue weighted by Gasteiger charge is 2.49. The first-order chi connectivity index (χ1) is 15.2. The van der Waals surface area contributed by atoms with Gasteiger partial charge in [-0.3, -0.25) is 0 Å². The average Bonchev–Trinajstić information content (AvgIpc) is 2.82. The summed E-state index contributed by atoms with van der Waals surface area (Å²) in [5.41, 5.74) is 0.639. The minimum Gasteiger partial charge on any atom is -0.381 e. The van der Waals surface area contributed by atoms with Crippen LogP contribution in [0.2, 0.25) is 0 Å². The number of hydrogen-bond acceptors (Lipinski definition) is 4. The molecule has 0 heterocycles. The molecule has 0 aromatic carbocycles. The van der Waals surface area contributed by atoms with Gasteiger partial charge in [0, 0.05) is 41.3 Å². The van der Waals surface area contributed by atoms with Gasteiger partial charge in [0.05, 0.1) is 24.4 Å². The standard InChI is InChI=1S/C28H52O4/c1-27(2,23-15-13-21(29-5)17-25(23)31-7)19-9-11-20(12-10-19)28(3,4)24-16-14-22(30-6)18-26(24)32-8/h19-26H,9-18H2,1-8H3. The van der Waals surface area contributed by atoms with Crippen LogP contribution in [-0.4, -0.2) is 52.9 Å². The molecule has 0 saturated heterocycles. The number of methoxy groups -OCH3 is 4. The van der Waals surface area contributed by atoms with E-state index in [9.17, 15) is 0 Å². The van der Waals surface area contributed by atoms with E-state index >= 15 is 0 Å². The van der Waals surface area contributed by atoms with E-state index in [1.54, 1.807) is 0 Å². The van der Waals surface area contributed by atoms with Gasteiger partial charge in [-0.15, -0.1) is 0 Å².